The minimum atomic E-state index is -1.31. The summed E-state index contributed by atoms with van der Waals surface area (Å²) >= 11 is 7.68. The van der Waals surface area contributed by atoms with Crippen molar-refractivity contribution >= 4 is 46.3 Å². The van der Waals surface area contributed by atoms with Gasteiger partial charge in [-0.1, -0.05) is 42.1 Å². The normalized spacial score (nSPS) is 22.0. The first-order valence-electron chi connectivity index (χ1n) is 11.7. The molecular weight excluding hydrogens is 536 g/mol. The molecule has 4 N–H and O–H groups in total. The fourth-order valence-corrected chi connectivity index (χ4v) is 4.90. The first kappa shape index (κ1) is 26.3. The molecule has 0 amide bonds. The van der Waals surface area contributed by atoms with Crippen molar-refractivity contribution in [1.29, 1.82) is 0 Å². The van der Waals surface area contributed by atoms with Crippen LogP contribution < -0.4 is 5.32 Å². The molecule has 0 radical (unpaired) electrons. The van der Waals surface area contributed by atoms with Gasteiger partial charge in [-0.25, -0.2) is 9.97 Å². The van der Waals surface area contributed by atoms with Crippen molar-refractivity contribution in [3.05, 3.63) is 41.9 Å². The van der Waals surface area contributed by atoms with E-state index in [1.807, 2.05) is 37.3 Å². The number of carbonyl (C=O) groups is 1. The molecule has 0 aliphatic carbocycles. The van der Waals surface area contributed by atoms with E-state index in [0.717, 1.165) is 5.56 Å². The van der Waals surface area contributed by atoms with Gasteiger partial charge in [-0.05, 0) is 18.5 Å². The molecule has 38 heavy (non-hydrogen) atoms. The van der Waals surface area contributed by atoms with Gasteiger partial charge in [-0.3, -0.25) is 14.5 Å². The topological polar surface area (TPSA) is 173 Å². The summed E-state index contributed by atoms with van der Waals surface area (Å²) in [5.74, 6) is 1.19. The number of esters is 1. The maximum absolute atomic E-state index is 11.1. The van der Waals surface area contributed by atoms with E-state index in [1.165, 1.54) is 29.6 Å². The summed E-state index contributed by atoms with van der Waals surface area (Å²) in [6.07, 6.45) is -3.10. The van der Waals surface area contributed by atoms with E-state index >= 15 is 0 Å². The van der Waals surface area contributed by atoms with Gasteiger partial charge in [0.15, 0.2) is 29.0 Å². The van der Waals surface area contributed by atoms with Gasteiger partial charge < -0.3 is 25.0 Å². The van der Waals surface area contributed by atoms with Gasteiger partial charge in [0.2, 0.25) is 10.4 Å². The molecular formula is C23H25ClN8O5S. The minimum absolute atomic E-state index is 0.0347. The van der Waals surface area contributed by atoms with Gasteiger partial charge in [0.25, 0.3) is 0 Å². The SMILES string of the molecule is CC(=O)OC[C@H]1O[C@@H](n2cnc3c(N[C@H](C)CSc4n[nH]c(-c5ccccc5)n4)nc(Cl)nc32)[C@H](O)[C@@H]1O. The second-order valence-corrected chi connectivity index (χ2v) is 10.0. The lowest BCUT2D eigenvalue weighted by Crippen LogP contribution is -2.34. The Kier molecular flexibility index (Phi) is 7.76. The molecule has 13 nitrogen and oxygen atoms in total. The third-order valence-corrected chi connectivity index (χ3v) is 7.09. The number of rotatable bonds is 9. The van der Waals surface area contributed by atoms with Crippen LogP contribution in [0.25, 0.3) is 22.6 Å². The molecule has 200 valence electrons. The monoisotopic (exact) mass is 560 g/mol. The Morgan fingerprint density at radius 3 is 2.82 bits per heavy atom. The van der Waals surface area contributed by atoms with Crippen LogP contribution in [-0.2, 0) is 14.3 Å². The Morgan fingerprint density at radius 1 is 1.26 bits per heavy atom. The van der Waals surface area contributed by atoms with Crippen LogP contribution in [0.1, 0.15) is 20.1 Å². The summed E-state index contributed by atoms with van der Waals surface area (Å²) in [6.45, 7) is 3.02. The van der Waals surface area contributed by atoms with Gasteiger partial charge in [-0.2, -0.15) is 9.97 Å². The highest BCUT2D eigenvalue weighted by molar-refractivity contribution is 7.99. The smallest absolute Gasteiger partial charge is 0.302 e. The number of fused-ring (bicyclic) bond motifs is 1. The number of thioether (sulfide) groups is 1. The second-order valence-electron chi connectivity index (χ2n) is 8.70. The molecule has 3 aromatic heterocycles. The largest absolute Gasteiger partial charge is 0.463 e. The molecule has 0 unspecified atom stereocenters. The Bertz CT molecular complexity index is 1420. The third-order valence-electron chi connectivity index (χ3n) is 5.81. The molecule has 15 heteroatoms. The molecule has 5 rings (SSSR count). The number of aromatic amines is 1. The zero-order valence-corrected chi connectivity index (χ0v) is 21.9. The predicted molar refractivity (Wildman–Crippen MR) is 139 cm³/mol. The molecule has 5 atom stereocenters. The first-order chi connectivity index (χ1) is 18.3. The van der Waals surface area contributed by atoms with E-state index in [-0.39, 0.29) is 17.9 Å². The summed E-state index contributed by atoms with van der Waals surface area (Å²) in [5, 5.41) is 32.1. The molecule has 4 heterocycles. The van der Waals surface area contributed by atoms with Crippen molar-refractivity contribution < 1.29 is 24.5 Å². The van der Waals surface area contributed by atoms with Crippen molar-refractivity contribution in [3.8, 4) is 11.4 Å². The predicted octanol–water partition coefficient (Wildman–Crippen LogP) is 2.04. The number of aliphatic hydroxyl groups is 2. The molecule has 0 bridgehead atoms. The number of H-pyrrole nitrogens is 1. The summed E-state index contributed by atoms with van der Waals surface area (Å²) in [4.78, 5) is 28.6. The number of hydrogen-bond donors (Lipinski definition) is 4. The van der Waals surface area contributed by atoms with E-state index in [4.69, 9.17) is 21.1 Å². The standard InChI is InChI=1S/C23H25ClN8O5S/c1-11(9-38-23-28-18(30-31-23)13-6-4-3-5-7-13)26-19-15-20(29-22(24)27-19)32(10-25-15)21-17(35)16(34)14(37-21)8-36-12(2)33/h3-7,10-11,14,16-17,21,34-35H,8-9H2,1-2H3,(H,26,27,29)(H,28,30,31)/t11-,14-,16-,17-,21-/m1/s1. The van der Waals surface area contributed by atoms with Crippen LogP contribution in [0.4, 0.5) is 5.82 Å². The van der Waals surface area contributed by atoms with E-state index in [2.05, 4.69) is 35.5 Å². The quantitative estimate of drug-likeness (QED) is 0.133. The number of nitrogens with one attached hydrogen (secondary N) is 2. The van der Waals surface area contributed by atoms with E-state index < -0.39 is 30.5 Å². The highest BCUT2D eigenvalue weighted by Gasteiger charge is 2.45. The maximum atomic E-state index is 11.1. The van der Waals surface area contributed by atoms with Crippen LogP contribution in [0.3, 0.4) is 0 Å². The fourth-order valence-electron chi connectivity index (χ4n) is 3.98. The highest BCUT2D eigenvalue weighted by Crippen LogP contribution is 2.33. The summed E-state index contributed by atoms with van der Waals surface area (Å²) in [6, 6.07) is 9.65. The van der Waals surface area contributed by atoms with Crippen LogP contribution in [-0.4, -0.2) is 87.6 Å². The molecule has 1 fully saturated rings. The van der Waals surface area contributed by atoms with Gasteiger partial charge >= 0.3 is 5.97 Å². The molecule has 1 aliphatic rings. The summed E-state index contributed by atoms with van der Waals surface area (Å²) < 4.78 is 12.2. The van der Waals surface area contributed by atoms with Gasteiger partial charge in [0.1, 0.15) is 24.9 Å². The lowest BCUT2D eigenvalue weighted by Gasteiger charge is -2.17. The van der Waals surface area contributed by atoms with Crippen LogP contribution in [0.2, 0.25) is 5.28 Å². The number of aromatic nitrogens is 7. The second kappa shape index (κ2) is 11.2. The van der Waals surface area contributed by atoms with Crippen molar-refractivity contribution in [1.82, 2.24) is 34.7 Å². The van der Waals surface area contributed by atoms with Crippen molar-refractivity contribution in [2.75, 3.05) is 17.7 Å². The molecule has 1 saturated heterocycles. The zero-order chi connectivity index (χ0) is 26.8. The Labute approximate surface area is 226 Å². The van der Waals surface area contributed by atoms with Crippen molar-refractivity contribution in [2.45, 2.75) is 49.6 Å². The number of aliphatic hydroxyl groups excluding tert-OH is 2. The molecule has 4 aromatic rings. The number of halogens is 1. The van der Waals surface area contributed by atoms with Gasteiger partial charge in [-0.15, -0.1) is 5.10 Å². The van der Waals surface area contributed by atoms with Gasteiger partial charge in [0, 0.05) is 24.3 Å². The highest BCUT2D eigenvalue weighted by atomic mass is 35.5. The number of ether oxygens (including phenoxy) is 2. The molecule has 0 spiro atoms. The lowest BCUT2D eigenvalue weighted by atomic mass is 10.1. The number of hydrogen-bond acceptors (Lipinski definition) is 12. The van der Waals surface area contributed by atoms with Crippen LogP contribution in [0.15, 0.2) is 41.8 Å². The average Bonchev–Trinajstić information content (AvgIpc) is 3.61. The third kappa shape index (κ3) is 5.59. The Hall–Kier alpha value is -3.30. The van der Waals surface area contributed by atoms with E-state index in [9.17, 15) is 15.0 Å². The lowest BCUT2D eigenvalue weighted by molar-refractivity contribution is -0.147. The number of imidazole rings is 1. The van der Waals surface area contributed by atoms with Crippen molar-refractivity contribution in [3.63, 3.8) is 0 Å². The van der Waals surface area contributed by atoms with Crippen molar-refractivity contribution in [2.24, 2.45) is 0 Å². The summed E-state index contributed by atoms with van der Waals surface area (Å²) in [7, 11) is 0. The number of benzene rings is 1. The van der Waals surface area contributed by atoms with Crippen LogP contribution in [0.5, 0.6) is 0 Å². The molecule has 1 aromatic carbocycles. The van der Waals surface area contributed by atoms with Gasteiger partial charge in [0.05, 0.1) is 6.33 Å². The first-order valence-corrected chi connectivity index (χ1v) is 13.1. The van der Waals surface area contributed by atoms with Crippen LogP contribution >= 0.6 is 23.4 Å². The number of nitrogens with zero attached hydrogens (tertiary/aromatic N) is 6. The Morgan fingerprint density at radius 2 is 2.05 bits per heavy atom. The molecule has 0 saturated carbocycles. The van der Waals surface area contributed by atoms with E-state index in [0.29, 0.717) is 33.7 Å². The number of carbonyl (C=O) groups excluding carboxylic acids is 1. The average molecular weight is 561 g/mol. The molecule has 1 aliphatic heterocycles. The Balaban J connectivity index is 1.28. The van der Waals surface area contributed by atoms with Crippen LogP contribution in [0, 0.1) is 0 Å². The maximum Gasteiger partial charge on any atom is 0.302 e. The van der Waals surface area contributed by atoms with E-state index in [1.54, 1.807) is 0 Å². The fraction of sp³-hybridized carbons (Fsp3) is 0.391. The minimum Gasteiger partial charge on any atom is -0.463 e. The number of anilines is 1. The zero-order valence-electron chi connectivity index (χ0n) is 20.4. The summed E-state index contributed by atoms with van der Waals surface area (Å²) in [5.41, 5.74) is 1.66.